The second-order valence-electron chi connectivity index (χ2n) is 5.14. The quantitative estimate of drug-likeness (QED) is 0.707. The maximum absolute atomic E-state index is 12.3. The Bertz CT molecular complexity index is 448. The fourth-order valence-corrected chi connectivity index (χ4v) is 2.34. The van der Waals surface area contributed by atoms with E-state index in [0.717, 1.165) is 5.56 Å². The lowest BCUT2D eigenvalue weighted by Crippen LogP contribution is -2.54. The number of nitrogens with two attached hydrogens (primary N) is 1. The van der Waals surface area contributed by atoms with Crippen LogP contribution in [0.15, 0.2) is 18.2 Å². The molecule has 0 bridgehead atoms. The highest BCUT2D eigenvalue weighted by Crippen LogP contribution is 2.21. The Morgan fingerprint density at radius 3 is 2.68 bits per heavy atom. The lowest BCUT2D eigenvalue weighted by atomic mass is 9.90. The number of nitrogen functional groups attached to an aromatic ring is 1. The van der Waals surface area contributed by atoms with Crippen molar-refractivity contribution in [1.82, 2.24) is 5.32 Å². The fraction of sp³-hybridized carbons (Fsp3) is 0.500. The molecule has 1 fully saturated rings. The van der Waals surface area contributed by atoms with Crippen molar-refractivity contribution in [2.45, 2.75) is 25.3 Å². The Balaban J connectivity index is 2.15. The number of amides is 1. The molecule has 104 valence electrons. The molecule has 1 amide bonds. The van der Waals surface area contributed by atoms with Gasteiger partial charge in [0, 0.05) is 24.5 Å². The van der Waals surface area contributed by atoms with E-state index in [2.05, 4.69) is 5.32 Å². The van der Waals surface area contributed by atoms with Crippen LogP contribution in [0.25, 0.3) is 0 Å². The minimum atomic E-state index is -0.576. The zero-order valence-electron chi connectivity index (χ0n) is 11.1. The second kappa shape index (κ2) is 5.59. The topological polar surface area (TPSA) is 84.6 Å². The third kappa shape index (κ3) is 3.24. The van der Waals surface area contributed by atoms with Crippen LogP contribution in [0.2, 0.25) is 0 Å². The summed E-state index contributed by atoms with van der Waals surface area (Å²) in [6, 6.07) is 5.25. The van der Waals surface area contributed by atoms with E-state index in [-0.39, 0.29) is 12.5 Å². The van der Waals surface area contributed by atoms with Gasteiger partial charge in [0.15, 0.2) is 0 Å². The van der Waals surface area contributed by atoms with Crippen molar-refractivity contribution in [2.24, 2.45) is 0 Å². The Labute approximate surface area is 112 Å². The number of aryl methyl sites for hydroxylation is 1. The predicted molar refractivity (Wildman–Crippen MR) is 72.9 cm³/mol. The average Bonchev–Trinajstić information content (AvgIpc) is 2.38. The molecule has 0 spiro atoms. The molecule has 5 heteroatoms. The normalized spacial score (nSPS) is 18.0. The van der Waals surface area contributed by atoms with E-state index in [1.54, 1.807) is 12.1 Å². The summed E-state index contributed by atoms with van der Waals surface area (Å²) in [5.41, 5.74) is 7.20. The van der Waals surface area contributed by atoms with E-state index in [4.69, 9.17) is 10.5 Å². The van der Waals surface area contributed by atoms with Crippen molar-refractivity contribution in [3.05, 3.63) is 29.3 Å². The highest BCUT2D eigenvalue weighted by atomic mass is 16.5. The predicted octanol–water partition coefficient (Wildman–Crippen LogP) is 0.849. The van der Waals surface area contributed by atoms with Crippen LogP contribution in [0, 0.1) is 6.92 Å². The summed E-state index contributed by atoms with van der Waals surface area (Å²) >= 11 is 0. The van der Waals surface area contributed by atoms with Crippen molar-refractivity contribution in [2.75, 3.05) is 25.6 Å². The zero-order valence-corrected chi connectivity index (χ0v) is 11.1. The van der Waals surface area contributed by atoms with E-state index in [0.29, 0.717) is 37.3 Å². The minimum Gasteiger partial charge on any atom is -0.399 e. The van der Waals surface area contributed by atoms with Crippen molar-refractivity contribution < 1.29 is 14.6 Å². The molecule has 1 aliphatic rings. The van der Waals surface area contributed by atoms with E-state index in [9.17, 15) is 9.90 Å². The third-order valence-corrected chi connectivity index (χ3v) is 3.49. The molecule has 19 heavy (non-hydrogen) atoms. The first-order valence-corrected chi connectivity index (χ1v) is 6.43. The fourth-order valence-electron chi connectivity index (χ4n) is 2.34. The van der Waals surface area contributed by atoms with Gasteiger partial charge in [-0.1, -0.05) is 0 Å². The average molecular weight is 264 g/mol. The van der Waals surface area contributed by atoms with Crippen LogP contribution in [0.4, 0.5) is 5.69 Å². The van der Waals surface area contributed by atoms with Crippen LogP contribution in [0.3, 0.4) is 0 Å². The lowest BCUT2D eigenvalue weighted by Gasteiger charge is -2.36. The van der Waals surface area contributed by atoms with Crippen molar-refractivity contribution >= 4 is 11.6 Å². The number of aliphatic hydroxyl groups is 1. The SMILES string of the molecule is Cc1cc(N)cc(C(=O)NC2(CO)CCOCC2)c1. The van der Waals surface area contributed by atoms with E-state index < -0.39 is 5.54 Å². The number of rotatable bonds is 3. The van der Waals surface area contributed by atoms with Gasteiger partial charge in [0.05, 0.1) is 12.1 Å². The summed E-state index contributed by atoms with van der Waals surface area (Å²) in [4.78, 5) is 12.3. The molecule has 1 heterocycles. The maximum Gasteiger partial charge on any atom is 0.251 e. The number of anilines is 1. The first-order valence-electron chi connectivity index (χ1n) is 6.43. The Morgan fingerprint density at radius 2 is 2.11 bits per heavy atom. The monoisotopic (exact) mass is 264 g/mol. The van der Waals surface area contributed by atoms with Gasteiger partial charge in [0.1, 0.15) is 0 Å². The number of ether oxygens (including phenoxy) is 1. The van der Waals surface area contributed by atoms with Gasteiger partial charge in [-0.3, -0.25) is 4.79 Å². The number of aliphatic hydroxyl groups excluding tert-OH is 1. The number of carbonyl (C=O) groups is 1. The molecule has 0 unspecified atom stereocenters. The molecular weight excluding hydrogens is 244 g/mol. The molecule has 0 atom stereocenters. The highest BCUT2D eigenvalue weighted by Gasteiger charge is 2.33. The first-order chi connectivity index (χ1) is 9.04. The van der Waals surface area contributed by atoms with Gasteiger partial charge in [-0.05, 0) is 43.5 Å². The number of carbonyl (C=O) groups excluding carboxylic acids is 1. The van der Waals surface area contributed by atoms with Crippen molar-refractivity contribution in [1.29, 1.82) is 0 Å². The Kier molecular flexibility index (Phi) is 4.07. The van der Waals surface area contributed by atoms with Gasteiger partial charge in [-0.2, -0.15) is 0 Å². The molecule has 1 aromatic rings. The van der Waals surface area contributed by atoms with Gasteiger partial charge in [0.25, 0.3) is 5.91 Å². The Morgan fingerprint density at radius 1 is 1.42 bits per heavy atom. The molecule has 4 N–H and O–H groups in total. The van der Waals surface area contributed by atoms with Crippen LogP contribution < -0.4 is 11.1 Å². The number of hydrogen-bond donors (Lipinski definition) is 3. The first kappa shape index (κ1) is 13.8. The summed E-state index contributed by atoms with van der Waals surface area (Å²) in [6.07, 6.45) is 1.24. The van der Waals surface area contributed by atoms with E-state index >= 15 is 0 Å². The molecule has 0 saturated carbocycles. The standard InChI is InChI=1S/C14H20N2O3/c1-10-6-11(8-12(15)7-10)13(18)16-14(9-17)2-4-19-5-3-14/h6-8,17H,2-5,9,15H2,1H3,(H,16,18). The molecule has 1 aliphatic heterocycles. The summed E-state index contributed by atoms with van der Waals surface area (Å²) in [5, 5.41) is 12.5. The summed E-state index contributed by atoms with van der Waals surface area (Å²) in [6.45, 7) is 2.92. The van der Waals surface area contributed by atoms with E-state index in [1.807, 2.05) is 13.0 Å². The van der Waals surface area contributed by atoms with Crippen molar-refractivity contribution in [3.8, 4) is 0 Å². The van der Waals surface area contributed by atoms with Crippen molar-refractivity contribution in [3.63, 3.8) is 0 Å². The molecule has 0 radical (unpaired) electrons. The van der Waals surface area contributed by atoms with Crippen LogP contribution in [0.5, 0.6) is 0 Å². The lowest BCUT2D eigenvalue weighted by molar-refractivity contribution is 0.0125. The number of benzene rings is 1. The van der Waals surface area contributed by atoms with Gasteiger partial charge in [0.2, 0.25) is 0 Å². The third-order valence-electron chi connectivity index (χ3n) is 3.49. The Hall–Kier alpha value is -1.59. The van der Waals surface area contributed by atoms with Crippen LogP contribution in [-0.4, -0.2) is 36.4 Å². The molecule has 0 aliphatic carbocycles. The maximum atomic E-state index is 12.3. The van der Waals surface area contributed by atoms with Crippen LogP contribution in [0.1, 0.15) is 28.8 Å². The smallest absolute Gasteiger partial charge is 0.251 e. The summed E-state index contributed by atoms with van der Waals surface area (Å²) in [7, 11) is 0. The number of hydrogen-bond acceptors (Lipinski definition) is 4. The molecule has 0 aromatic heterocycles. The molecule has 1 aromatic carbocycles. The molecule has 2 rings (SSSR count). The summed E-state index contributed by atoms with van der Waals surface area (Å²) in [5.74, 6) is -0.202. The van der Waals surface area contributed by atoms with Crippen LogP contribution in [-0.2, 0) is 4.74 Å². The van der Waals surface area contributed by atoms with Gasteiger partial charge in [-0.25, -0.2) is 0 Å². The number of nitrogens with one attached hydrogen (secondary N) is 1. The second-order valence-corrected chi connectivity index (χ2v) is 5.14. The largest absolute Gasteiger partial charge is 0.399 e. The van der Waals surface area contributed by atoms with Gasteiger partial charge >= 0.3 is 0 Å². The van der Waals surface area contributed by atoms with Gasteiger partial charge in [-0.15, -0.1) is 0 Å². The zero-order chi connectivity index (χ0) is 13.9. The molecule has 1 saturated heterocycles. The minimum absolute atomic E-state index is 0.0800. The van der Waals surface area contributed by atoms with E-state index in [1.165, 1.54) is 0 Å². The molecule has 5 nitrogen and oxygen atoms in total. The van der Waals surface area contributed by atoms with Crippen LogP contribution >= 0.6 is 0 Å². The molecular formula is C14H20N2O3. The summed E-state index contributed by atoms with van der Waals surface area (Å²) < 4.78 is 5.27. The highest BCUT2D eigenvalue weighted by molar-refractivity contribution is 5.95. The van der Waals surface area contributed by atoms with Gasteiger partial charge < -0.3 is 20.9 Å².